The molecule has 1 heterocycles. The summed E-state index contributed by atoms with van der Waals surface area (Å²) in [7, 11) is 1.70. The standard InChI is InChI=1S/C6H8N4O2/c1-10-3-2-4(9-10)8-5(7)6(11)12/h2-3H,1H3,(H,11,12)(H2,7,8,9). The van der Waals surface area contributed by atoms with E-state index >= 15 is 0 Å². The van der Waals surface area contributed by atoms with E-state index in [0.29, 0.717) is 0 Å². The molecule has 0 fully saturated rings. The van der Waals surface area contributed by atoms with Gasteiger partial charge >= 0.3 is 5.97 Å². The predicted molar refractivity (Wildman–Crippen MR) is 42.1 cm³/mol. The number of carboxylic acid groups (broad SMARTS) is 1. The van der Waals surface area contributed by atoms with E-state index in [0.717, 1.165) is 0 Å². The minimum absolute atomic E-state index is 0.289. The first-order valence-corrected chi connectivity index (χ1v) is 3.16. The number of rotatable bonds is 1. The fraction of sp³-hybridized carbons (Fsp3) is 0.167. The lowest BCUT2D eigenvalue weighted by molar-refractivity contribution is -0.129. The molecule has 6 heteroatoms. The summed E-state index contributed by atoms with van der Waals surface area (Å²) in [5.41, 5.74) is 5.06. The van der Waals surface area contributed by atoms with Gasteiger partial charge in [0.2, 0.25) is 5.84 Å². The molecule has 0 amide bonds. The number of hydrogen-bond donors (Lipinski definition) is 2. The average Bonchev–Trinajstić information content (AvgIpc) is 2.35. The molecular weight excluding hydrogens is 160 g/mol. The van der Waals surface area contributed by atoms with Gasteiger partial charge in [0.1, 0.15) is 0 Å². The molecule has 3 N–H and O–H groups in total. The van der Waals surface area contributed by atoms with E-state index in [-0.39, 0.29) is 5.82 Å². The zero-order valence-electron chi connectivity index (χ0n) is 6.43. The maximum Gasteiger partial charge on any atom is 0.371 e. The molecular formula is C6H8N4O2. The Morgan fingerprint density at radius 1 is 1.83 bits per heavy atom. The zero-order chi connectivity index (χ0) is 9.14. The van der Waals surface area contributed by atoms with Crippen molar-refractivity contribution in [2.75, 3.05) is 0 Å². The third-order valence-electron chi connectivity index (χ3n) is 1.15. The van der Waals surface area contributed by atoms with Gasteiger partial charge in [0.15, 0.2) is 5.82 Å². The summed E-state index contributed by atoms with van der Waals surface area (Å²) in [6.07, 6.45) is 1.65. The Balaban J connectivity index is 2.87. The molecule has 1 rings (SSSR count). The SMILES string of the molecule is Cn1ccc(N=C(N)C(=O)O)n1. The van der Waals surface area contributed by atoms with Crippen LogP contribution >= 0.6 is 0 Å². The number of aliphatic carboxylic acids is 1. The summed E-state index contributed by atoms with van der Waals surface area (Å²) in [5.74, 6) is -1.42. The van der Waals surface area contributed by atoms with E-state index in [1.807, 2.05) is 0 Å². The molecule has 0 aromatic carbocycles. The van der Waals surface area contributed by atoms with Crippen LogP contribution in [0.1, 0.15) is 0 Å². The van der Waals surface area contributed by atoms with Crippen LogP contribution in [0.5, 0.6) is 0 Å². The number of carbonyl (C=O) groups is 1. The zero-order valence-corrected chi connectivity index (χ0v) is 6.43. The van der Waals surface area contributed by atoms with Crippen molar-refractivity contribution in [3.8, 4) is 0 Å². The molecule has 0 radical (unpaired) electrons. The summed E-state index contributed by atoms with van der Waals surface area (Å²) in [6.45, 7) is 0. The lowest BCUT2D eigenvalue weighted by atomic mass is 10.6. The number of carboxylic acids is 1. The summed E-state index contributed by atoms with van der Waals surface area (Å²) in [5, 5.41) is 12.2. The summed E-state index contributed by atoms with van der Waals surface area (Å²) in [6, 6.07) is 1.57. The minimum atomic E-state index is -1.25. The van der Waals surface area contributed by atoms with Crippen molar-refractivity contribution in [1.29, 1.82) is 0 Å². The molecule has 64 valence electrons. The normalized spacial score (nSPS) is 11.6. The van der Waals surface area contributed by atoms with Crippen LogP contribution in [-0.4, -0.2) is 26.7 Å². The van der Waals surface area contributed by atoms with E-state index in [1.54, 1.807) is 19.3 Å². The van der Waals surface area contributed by atoms with Gasteiger partial charge in [-0.15, -0.1) is 0 Å². The maximum atomic E-state index is 10.2. The monoisotopic (exact) mass is 168 g/mol. The Hall–Kier alpha value is -1.85. The molecule has 0 atom stereocenters. The first-order chi connectivity index (χ1) is 5.59. The second-order valence-electron chi connectivity index (χ2n) is 2.15. The number of aryl methyl sites for hydroxylation is 1. The van der Waals surface area contributed by atoms with Crippen LogP contribution in [0.2, 0.25) is 0 Å². The molecule has 0 unspecified atom stereocenters. The summed E-state index contributed by atoms with van der Waals surface area (Å²) >= 11 is 0. The Bertz CT molecular complexity index is 328. The molecule has 1 aromatic heterocycles. The smallest absolute Gasteiger partial charge is 0.371 e. The van der Waals surface area contributed by atoms with Gasteiger partial charge in [0.25, 0.3) is 0 Å². The second-order valence-corrected chi connectivity index (χ2v) is 2.15. The van der Waals surface area contributed by atoms with Crippen molar-refractivity contribution in [3.63, 3.8) is 0 Å². The largest absolute Gasteiger partial charge is 0.475 e. The van der Waals surface area contributed by atoms with Crippen LogP contribution < -0.4 is 5.73 Å². The number of hydrogen-bond acceptors (Lipinski definition) is 3. The van der Waals surface area contributed by atoms with E-state index < -0.39 is 11.8 Å². The van der Waals surface area contributed by atoms with Crippen LogP contribution in [0.25, 0.3) is 0 Å². The number of nitrogens with zero attached hydrogens (tertiary/aromatic N) is 3. The van der Waals surface area contributed by atoms with Gasteiger partial charge in [-0.2, -0.15) is 5.10 Å². The van der Waals surface area contributed by atoms with Crippen molar-refractivity contribution in [2.24, 2.45) is 17.8 Å². The molecule has 0 aliphatic carbocycles. The highest BCUT2D eigenvalue weighted by molar-refractivity contribution is 6.34. The number of amidine groups is 1. The van der Waals surface area contributed by atoms with Gasteiger partial charge in [-0.3, -0.25) is 4.68 Å². The first kappa shape index (κ1) is 8.25. The molecule has 0 saturated carbocycles. The van der Waals surface area contributed by atoms with Crippen molar-refractivity contribution < 1.29 is 9.90 Å². The van der Waals surface area contributed by atoms with Gasteiger partial charge < -0.3 is 10.8 Å². The van der Waals surface area contributed by atoms with E-state index in [2.05, 4.69) is 10.1 Å². The number of aliphatic imine (C=N–C) groups is 1. The van der Waals surface area contributed by atoms with Crippen LogP contribution in [0, 0.1) is 0 Å². The third kappa shape index (κ3) is 1.82. The average molecular weight is 168 g/mol. The highest BCUT2D eigenvalue weighted by Gasteiger charge is 2.03. The summed E-state index contributed by atoms with van der Waals surface area (Å²) < 4.78 is 1.51. The van der Waals surface area contributed by atoms with Crippen LogP contribution in [0.4, 0.5) is 5.82 Å². The molecule has 0 saturated heterocycles. The molecule has 0 aliphatic heterocycles. The number of nitrogens with two attached hydrogens (primary N) is 1. The van der Waals surface area contributed by atoms with Crippen molar-refractivity contribution in [1.82, 2.24) is 9.78 Å². The van der Waals surface area contributed by atoms with E-state index in [4.69, 9.17) is 10.8 Å². The van der Waals surface area contributed by atoms with Gasteiger partial charge in [-0.05, 0) is 0 Å². The van der Waals surface area contributed by atoms with E-state index in [9.17, 15) is 4.79 Å². The fourth-order valence-corrected chi connectivity index (χ4v) is 0.634. The molecule has 1 aromatic rings. The van der Waals surface area contributed by atoms with Gasteiger partial charge in [0, 0.05) is 19.3 Å². The van der Waals surface area contributed by atoms with Gasteiger partial charge in [0.05, 0.1) is 0 Å². The highest BCUT2D eigenvalue weighted by Crippen LogP contribution is 2.04. The lowest BCUT2D eigenvalue weighted by Crippen LogP contribution is -2.22. The van der Waals surface area contributed by atoms with Gasteiger partial charge in [-0.1, -0.05) is 0 Å². The van der Waals surface area contributed by atoms with Crippen LogP contribution in [0.3, 0.4) is 0 Å². The predicted octanol–water partition coefficient (Wildman–Crippen LogP) is -0.507. The van der Waals surface area contributed by atoms with Crippen molar-refractivity contribution in [3.05, 3.63) is 12.3 Å². The fourth-order valence-electron chi connectivity index (χ4n) is 0.634. The molecule has 12 heavy (non-hydrogen) atoms. The molecule has 0 bridgehead atoms. The Labute approximate surface area is 68.3 Å². The maximum absolute atomic E-state index is 10.2. The quantitative estimate of drug-likeness (QED) is 0.436. The third-order valence-corrected chi connectivity index (χ3v) is 1.15. The summed E-state index contributed by atoms with van der Waals surface area (Å²) in [4.78, 5) is 13.8. The topological polar surface area (TPSA) is 93.5 Å². The minimum Gasteiger partial charge on any atom is -0.475 e. The Morgan fingerprint density at radius 2 is 2.50 bits per heavy atom. The van der Waals surface area contributed by atoms with Crippen molar-refractivity contribution in [2.45, 2.75) is 0 Å². The van der Waals surface area contributed by atoms with E-state index in [1.165, 1.54) is 4.68 Å². The Kier molecular flexibility index (Phi) is 2.09. The van der Waals surface area contributed by atoms with Crippen LogP contribution in [-0.2, 0) is 11.8 Å². The molecule has 0 aliphatic rings. The molecule has 0 spiro atoms. The molecule has 6 nitrogen and oxygen atoms in total. The first-order valence-electron chi connectivity index (χ1n) is 3.16. The number of aromatic nitrogens is 2. The van der Waals surface area contributed by atoms with Crippen LogP contribution in [0.15, 0.2) is 17.3 Å². The highest BCUT2D eigenvalue weighted by atomic mass is 16.4. The van der Waals surface area contributed by atoms with Gasteiger partial charge in [-0.25, -0.2) is 9.79 Å². The Morgan fingerprint density at radius 3 is 2.92 bits per heavy atom. The lowest BCUT2D eigenvalue weighted by Gasteiger charge is -1.89. The second kappa shape index (κ2) is 3.04. The van der Waals surface area contributed by atoms with Crippen molar-refractivity contribution >= 4 is 17.6 Å².